The van der Waals surface area contributed by atoms with Crippen molar-refractivity contribution in [2.75, 3.05) is 38.1 Å². The lowest BCUT2D eigenvalue weighted by molar-refractivity contribution is -0.118. The Hall–Kier alpha value is -1.59. The number of hydrogen-bond donors (Lipinski definition) is 2. The first-order valence-corrected chi connectivity index (χ1v) is 7.21. The molecule has 1 heterocycles. The quantitative estimate of drug-likeness (QED) is 0.789. The largest absolute Gasteiger partial charge is 0.492 e. The van der Waals surface area contributed by atoms with Crippen LogP contribution in [0, 0.1) is 0 Å². The first-order valence-electron chi connectivity index (χ1n) is 7.21. The second kappa shape index (κ2) is 7.26. The van der Waals surface area contributed by atoms with Crippen molar-refractivity contribution < 1.29 is 9.53 Å². The number of carbonyl (C=O) groups is 1. The van der Waals surface area contributed by atoms with Gasteiger partial charge in [-0.25, -0.2) is 0 Å². The lowest BCUT2D eigenvalue weighted by Crippen LogP contribution is -2.58. The molecule has 0 atom stereocenters. The number of rotatable bonds is 7. The van der Waals surface area contributed by atoms with E-state index in [1.54, 1.807) is 0 Å². The third kappa shape index (κ3) is 3.71. The number of nitrogens with one attached hydrogen (secondary N) is 2. The van der Waals surface area contributed by atoms with Crippen LogP contribution in [0.4, 0.5) is 5.69 Å². The van der Waals surface area contributed by atoms with E-state index >= 15 is 0 Å². The van der Waals surface area contributed by atoms with Crippen LogP contribution in [0.3, 0.4) is 0 Å². The molecule has 110 valence electrons. The Morgan fingerprint density at radius 1 is 1.40 bits per heavy atom. The van der Waals surface area contributed by atoms with E-state index < -0.39 is 0 Å². The smallest absolute Gasteiger partial charge is 0.238 e. The van der Waals surface area contributed by atoms with E-state index in [1.807, 2.05) is 31.2 Å². The minimum absolute atomic E-state index is 0.00547. The van der Waals surface area contributed by atoms with Gasteiger partial charge in [0, 0.05) is 19.1 Å². The number of anilines is 1. The molecule has 1 amide bonds. The zero-order chi connectivity index (χ0) is 14.4. The van der Waals surface area contributed by atoms with Gasteiger partial charge in [0.25, 0.3) is 0 Å². The zero-order valence-electron chi connectivity index (χ0n) is 12.2. The average Bonchev–Trinajstić information content (AvgIpc) is 2.38. The summed E-state index contributed by atoms with van der Waals surface area (Å²) in [6.45, 7) is 7.84. The summed E-state index contributed by atoms with van der Waals surface area (Å²) in [5.74, 6) is 0.725. The Labute approximate surface area is 120 Å². The van der Waals surface area contributed by atoms with Crippen LogP contribution < -0.4 is 15.4 Å². The molecule has 5 heteroatoms. The number of para-hydroxylation sites is 2. The summed E-state index contributed by atoms with van der Waals surface area (Å²) in [4.78, 5) is 14.3. The van der Waals surface area contributed by atoms with Crippen LogP contribution >= 0.6 is 0 Å². The minimum Gasteiger partial charge on any atom is -0.492 e. The van der Waals surface area contributed by atoms with Crippen molar-refractivity contribution in [3.8, 4) is 5.75 Å². The molecule has 1 aromatic rings. The van der Waals surface area contributed by atoms with E-state index in [9.17, 15) is 4.79 Å². The summed E-state index contributed by atoms with van der Waals surface area (Å²) in [6, 6.07) is 8.01. The van der Waals surface area contributed by atoms with Gasteiger partial charge in [-0.05, 0) is 25.6 Å². The molecular formula is C15H23N3O2. The third-order valence-electron chi connectivity index (χ3n) is 3.49. The van der Waals surface area contributed by atoms with Crippen LogP contribution in [0.5, 0.6) is 5.75 Å². The molecule has 0 bridgehead atoms. The molecule has 20 heavy (non-hydrogen) atoms. The fraction of sp³-hybridized carbons (Fsp3) is 0.533. The zero-order valence-corrected chi connectivity index (χ0v) is 12.2. The van der Waals surface area contributed by atoms with Crippen LogP contribution in [0.1, 0.15) is 13.8 Å². The Bertz CT molecular complexity index is 446. The lowest BCUT2D eigenvalue weighted by atomic mass is 10.1. The van der Waals surface area contributed by atoms with Crippen molar-refractivity contribution in [2.45, 2.75) is 19.9 Å². The summed E-state index contributed by atoms with van der Waals surface area (Å²) < 4.78 is 5.51. The molecule has 0 radical (unpaired) electrons. The number of amides is 1. The molecule has 0 spiro atoms. The van der Waals surface area contributed by atoms with Crippen LogP contribution in [0.15, 0.2) is 24.3 Å². The average molecular weight is 277 g/mol. The topological polar surface area (TPSA) is 53.6 Å². The van der Waals surface area contributed by atoms with Crippen molar-refractivity contribution in [1.82, 2.24) is 10.2 Å². The van der Waals surface area contributed by atoms with Crippen LogP contribution in [-0.4, -0.2) is 49.6 Å². The SMILES string of the molecule is CCOc1ccccc1NC(=O)CN(CC)C1CNC1. The molecule has 0 saturated carbocycles. The van der Waals surface area contributed by atoms with Gasteiger partial charge in [-0.15, -0.1) is 0 Å². The van der Waals surface area contributed by atoms with E-state index in [4.69, 9.17) is 4.74 Å². The molecule has 5 nitrogen and oxygen atoms in total. The Balaban J connectivity index is 1.93. The van der Waals surface area contributed by atoms with Crippen molar-refractivity contribution in [1.29, 1.82) is 0 Å². The molecule has 0 aromatic heterocycles. The van der Waals surface area contributed by atoms with Gasteiger partial charge in [0.15, 0.2) is 0 Å². The van der Waals surface area contributed by atoms with E-state index in [2.05, 4.69) is 22.5 Å². The predicted molar refractivity (Wildman–Crippen MR) is 80.1 cm³/mol. The highest BCUT2D eigenvalue weighted by atomic mass is 16.5. The summed E-state index contributed by atoms with van der Waals surface area (Å²) in [5.41, 5.74) is 0.738. The second-order valence-electron chi connectivity index (χ2n) is 4.85. The number of carbonyl (C=O) groups excluding carboxylic acids is 1. The number of nitrogens with zero attached hydrogens (tertiary/aromatic N) is 1. The van der Waals surface area contributed by atoms with E-state index in [-0.39, 0.29) is 5.91 Å². The van der Waals surface area contributed by atoms with E-state index in [0.717, 1.165) is 31.1 Å². The van der Waals surface area contributed by atoms with Crippen LogP contribution in [-0.2, 0) is 4.79 Å². The molecule has 1 aliphatic rings. The molecule has 0 unspecified atom stereocenters. The van der Waals surface area contributed by atoms with Crippen LogP contribution in [0.2, 0.25) is 0 Å². The standard InChI is InChI=1S/C15H23N3O2/c1-3-18(12-9-16-10-12)11-15(19)17-13-7-5-6-8-14(13)20-4-2/h5-8,12,16H,3-4,9-11H2,1-2H3,(H,17,19). The Morgan fingerprint density at radius 2 is 2.15 bits per heavy atom. The van der Waals surface area contributed by atoms with E-state index in [0.29, 0.717) is 19.2 Å². The highest BCUT2D eigenvalue weighted by Gasteiger charge is 2.24. The molecular weight excluding hydrogens is 254 g/mol. The van der Waals surface area contributed by atoms with Crippen molar-refractivity contribution in [3.05, 3.63) is 24.3 Å². The summed E-state index contributed by atoms with van der Waals surface area (Å²) in [6.07, 6.45) is 0. The number of benzene rings is 1. The fourth-order valence-electron chi connectivity index (χ4n) is 2.26. The van der Waals surface area contributed by atoms with Gasteiger partial charge < -0.3 is 15.4 Å². The molecule has 2 rings (SSSR count). The number of hydrogen-bond acceptors (Lipinski definition) is 4. The van der Waals surface area contributed by atoms with Gasteiger partial charge in [-0.1, -0.05) is 19.1 Å². The fourth-order valence-corrected chi connectivity index (χ4v) is 2.26. The Kier molecular flexibility index (Phi) is 5.38. The first-order chi connectivity index (χ1) is 9.74. The maximum Gasteiger partial charge on any atom is 0.238 e. The van der Waals surface area contributed by atoms with Crippen LogP contribution in [0.25, 0.3) is 0 Å². The number of likely N-dealkylation sites (N-methyl/N-ethyl adjacent to an activating group) is 1. The molecule has 1 aromatic carbocycles. The first kappa shape index (κ1) is 14.8. The maximum atomic E-state index is 12.2. The molecule has 1 aliphatic heterocycles. The molecule has 2 N–H and O–H groups in total. The summed E-state index contributed by atoms with van der Waals surface area (Å²) in [7, 11) is 0. The predicted octanol–water partition coefficient (Wildman–Crippen LogP) is 1.32. The van der Waals surface area contributed by atoms with Gasteiger partial charge in [-0.3, -0.25) is 9.69 Å². The monoisotopic (exact) mass is 277 g/mol. The molecule has 1 saturated heterocycles. The lowest BCUT2D eigenvalue weighted by Gasteiger charge is -2.37. The minimum atomic E-state index is 0.00547. The third-order valence-corrected chi connectivity index (χ3v) is 3.49. The van der Waals surface area contributed by atoms with Crippen molar-refractivity contribution >= 4 is 11.6 Å². The summed E-state index contributed by atoms with van der Waals surface area (Å²) >= 11 is 0. The van der Waals surface area contributed by atoms with Crippen molar-refractivity contribution in [2.24, 2.45) is 0 Å². The van der Waals surface area contributed by atoms with E-state index in [1.165, 1.54) is 0 Å². The van der Waals surface area contributed by atoms with Gasteiger partial charge >= 0.3 is 0 Å². The normalized spacial score (nSPS) is 14.9. The summed E-state index contributed by atoms with van der Waals surface area (Å²) in [5, 5.41) is 6.17. The number of ether oxygens (including phenoxy) is 1. The van der Waals surface area contributed by atoms with Gasteiger partial charge in [0.2, 0.25) is 5.91 Å². The van der Waals surface area contributed by atoms with Gasteiger partial charge in [0.05, 0.1) is 18.8 Å². The molecule has 1 fully saturated rings. The second-order valence-corrected chi connectivity index (χ2v) is 4.85. The Morgan fingerprint density at radius 3 is 2.75 bits per heavy atom. The van der Waals surface area contributed by atoms with Crippen molar-refractivity contribution in [3.63, 3.8) is 0 Å². The maximum absolute atomic E-state index is 12.2. The van der Waals surface area contributed by atoms with Gasteiger partial charge in [0.1, 0.15) is 5.75 Å². The van der Waals surface area contributed by atoms with Gasteiger partial charge in [-0.2, -0.15) is 0 Å². The highest BCUT2D eigenvalue weighted by Crippen LogP contribution is 2.23. The molecule has 0 aliphatic carbocycles. The highest BCUT2D eigenvalue weighted by molar-refractivity contribution is 5.93.